The van der Waals surface area contributed by atoms with E-state index in [0.29, 0.717) is 19.0 Å². The second-order valence-corrected chi connectivity index (χ2v) is 14.7. The lowest BCUT2D eigenvalue weighted by atomic mass is 10.1. The molecule has 0 bridgehead atoms. The van der Waals surface area contributed by atoms with Crippen LogP contribution in [-0.4, -0.2) is 57.5 Å². The average Bonchev–Trinajstić information content (AvgIpc) is 2.94. The molecule has 1 aliphatic rings. The molecule has 1 aromatic carbocycles. The molecule has 0 saturated carbocycles. The van der Waals surface area contributed by atoms with Gasteiger partial charge < -0.3 is 14.2 Å². The Morgan fingerprint density at radius 1 is 1.32 bits per heavy atom. The predicted octanol–water partition coefficient (Wildman–Crippen LogP) is 4.08. The van der Waals surface area contributed by atoms with E-state index >= 15 is 0 Å². The second-order valence-electron chi connectivity index (χ2n) is 9.08. The van der Waals surface area contributed by atoms with Crippen molar-refractivity contribution in [2.24, 2.45) is 0 Å². The van der Waals surface area contributed by atoms with Crippen LogP contribution in [0.2, 0.25) is 25.7 Å². The summed E-state index contributed by atoms with van der Waals surface area (Å²) in [6.45, 7) is 12.6. The average molecular weight is 406 g/mol. The van der Waals surface area contributed by atoms with Crippen LogP contribution in [0.3, 0.4) is 0 Å². The third kappa shape index (κ3) is 7.17. The first kappa shape index (κ1) is 22.8. The van der Waals surface area contributed by atoms with Crippen molar-refractivity contribution < 1.29 is 19.0 Å². The molecule has 28 heavy (non-hydrogen) atoms. The lowest BCUT2D eigenvalue weighted by Crippen LogP contribution is -2.45. The molecule has 1 unspecified atom stereocenters. The monoisotopic (exact) mass is 405 g/mol. The van der Waals surface area contributed by atoms with Crippen LogP contribution in [0.1, 0.15) is 19.4 Å². The van der Waals surface area contributed by atoms with Crippen LogP contribution in [0, 0.1) is 0 Å². The molecule has 0 amide bonds. The number of rotatable bonds is 10. The van der Waals surface area contributed by atoms with Crippen molar-refractivity contribution in [3.63, 3.8) is 0 Å². The number of nitrogens with zero attached hydrogens (tertiary/aromatic N) is 1. The van der Waals surface area contributed by atoms with E-state index in [2.05, 4.69) is 36.7 Å². The summed E-state index contributed by atoms with van der Waals surface area (Å²) in [6.07, 6.45) is 2.13. The van der Waals surface area contributed by atoms with E-state index < -0.39 is 13.9 Å². The fourth-order valence-electron chi connectivity index (χ4n) is 3.30. The molecule has 2 atom stereocenters. The Hall–Kier alpha value is -1.47. The molecule has 0 aliphatic carbocycles. The van der Waals surface area contributed by atoms with Crippen molar-refractivity contribution in [1.82, 2.24) is 4.90 Å². The van der Waals surface area contributed by atoms with Crippen molar-refractivity contribution in [2.45, 2.75) is 64.0 Å². The molecule has 1 aromatic rings. The maximum Gasteiger partial charge on any atom is 0.163 e. The van der Waals surface area contributed by atoms with Gasteiger partial charge in [0, 0.05) is 20.7 Å². The fraction of sp³-hybridized carbons (Fsp3) is 0.591. The highest BCUT2D eigenvalue weighted by Gasteiger charge is 2.41. The highest BCUT2D eigenvalue weighted by molar-refractivity contribution is 6.76. The number of hydrogen-bond acceptors (Lipinski definition) is 5. The van der Waals surface area contributed by atoms with Crippen molar-refractivity contribution in [1.29, 1.82) is 0 Å². The van der Waals surface area contributed by atoms with Crippen molar-refractivity contribution in [3.05, 3.63) is 47.7 Å². The van der Waals surface area contributed by atoms with Gasteiger partial charge in [-0.1, -0.05) is 50.0 Å². The van der Waals surface area contributed by atoms with E-state index in [4.69, 9.17) is 14.2 Å². The zero-order valence-electron chi connectivity index (χ0n) is 18.1. The summed E-state index contributed by atoms with van der Waals surface area (Å²) in [7, 11) is 0.800. The van der Waals surface area contributed by atoms with Gasteiger partial charge in [0.25, 0.3) is 0 Å². The standard InChI is InChI=1S/C22H35NO4Si/c1-22(2)26-17-20(27-22)21(23(3)16-18-10-8-7-9-11-18)19(12-13-24)25-14-15-28(4,5)6/h7-13,20-21H,14-17H2,1-6H3/b19-12+/t20-,21?/m1/s1. The number of aldehydes is 1. The molecule has 2 rings (SSSR count). The van der Waals surface area contributed by atoms with E-state index in [0.717, 1.165) is 18.9 Å². The number of ether oxygens (including phenoxy) is 3. The van der Waals surface area contributed by atoms with E-state index in [1.165, 1.54) is 11.6 Å². The Labute approximate surface area is 170 Å². The van der Waals surface area contributed by atoms with Gasteiger partial charge in [-0.15, -0.1) is 0 Å². The minimum absolute atomic E-state index is 0.200. The number of likely N-dealkylation sites (N-methyl/N-ethyl adjacent to an activating group) is 1. The first-order chi connectivity index (χ1) is 13.1. The van der Waals surface area contributed by atoms with Gasteiger partial charge in [-0.05, 0) is 32.5 Å². The smallest absolute Gasteiger partial charge is 0.163 e. The molecule has 5 nitrogen and oxygen atoms in total. The lowest BCUT2D eigenvalue weighted by Gasteiger charge is -2.34. The Kier molecular flexibility index (Phi) is 8.01. The molecular formula is C22H35NO4Si. The number of carbonyl (C=O) groups is 1. The van der Waals surface area contributed by atoms with Gasteiger partial charge in [0.15, 0.2) is 5.79 Å². The van der Waals surface area contributed by atoms with Crippen LogP contribution in [0.25, 0.3) is 0 Å². The normalized spacial score (nSPS) is 21.0. The molecule has 0 radical (unpaired) electrons. The summed E-state index contributed by atoms with van der Waals surface area (Å²) < 4.78 is 18.1. The topological polar surface area (TPSA) is 48.0 Å². The van der Waals surface area contributed by atoms with Gasteiger partial charge in [-0.3, -0.25) is 9.69 Å². The van der Waals surface area contributed by atoms with Crippen LogP contribution in [0.4, 0.5) is 0 Å². The molecule has 1 saturated heterocycles. The minimum Gasteiger partial charge on any atom is -0.496 e. The molecule has 156 valence electrons. The molecule has 1 fully saturated rings. The van der Waals surface area contributed by atoms with E-state index in [-0.39, 0.29) is 12.1 Å². The zero-order valence-corrected chi connectivity index (χ0v) is 19.1. The Balaban J connectivity index is 2.21. The highest BCUT2D eigenvalue weighted by atomic mass is 28.3. The fourth-order valence-corrected chi connectivity index (χ4v) is 4.01. The Bertz CT molecular complexity index is 654. The van der Waals surface area contributed by atoms with E-state index in [1.54, 1.807) is 0 Å². The van der Waals surface area contributed by atoms with Crippen LogP contribution < -0.4 is 0 Å². The maximum absolute atomic E-state index is 11.4. The zero-order chi connectivity index (χ0) is 20.8. The number of allylic oxidation sites excluding steroid dienone is 1. The van der Waals surface area contributed by atoms with Gasteiger partial charge in [0.05, 0.1) is 19.3 Å². The summed E-state index contributed by atoms with van der Waals surface area (Å²) in [4.78, 5) is 13.5. The Morgan fingerprint density at radius 3 is 2.54 bits per heavy atom. The maximum atomic E-state index is 11.4. The molecule has 0 spiro atoms. The summed E-state index contributed by atoms with van der Waals surface area (Å²) in [5, 5.41) is 0. The van der Waals surface area contributed by atoms with Crippen molar-refractivity contribution in [3.8, 4) is 0 Å². The number of carbonyl (C=O) groups excluding carboxylic acids is 1. The summed E-state index contributed by atoms with van der Waals surface area (Å²) in [5.74, 6) is 0.0131. The van der Waals surface area contributed by atoms with Gasteiger partial charge >= 0.3 is 0 Å². The second kappa shape index (κ2) is 9.83. The lowest BCUT2D eigenvalue weighted by molar-refractivity contribution is -0.146. The predicted molar refractivity (Wildman–Crippen MR) is 115 cm³/mol. The molecule has 1 heterocycles. The third-order valence-electron chi connectivity index (χ3n) is 4.78. The molecule has 0 N–H and O–H groups in total. The molecular weight excluding hydrogens is 370 g/mol. The highest BCUT2D eigenvalue weighted by Crippen LogP contribution is 2.30. The first-order valence-electron chi connectivity index (χ1n) is 9.95. The molecule has 1 aliphatic heterocycles. The van der Waals surface area contributed by atoms with Crippen molar-refractivity contribution >= 4 is 14.4 Å². The number of benzene rings is 1. The van der Waals surface area contributed by atoms with E-state index in [9.17, 15) is 4.79 Å². The van der Waals surface area contributed by atoms with Gasteiger partial charge in [-0.2, -0.15) is 0 Å². The minimum atomic E-state index is -1.23. The summed E-state index contributed by atoms with van der Waals surface area (Å²) in [5.41, 5.74) is 1.20. The quantitative estimate of drug-likeness (QED) is 0.254. The van der Waals surface area contributed by atoms with Crippen molar-refractivity contribution in [2.75, 3.05) is 20.3 Å². The van der Waals surface area contributed by atoms with Crippen LogP contribution in [0.15, 0.2) is 42.2 Å². The largest absolute Gasteiger partial charge is 0.496 e. The Morgan fingerprint density at radius 2 is 2.00 bits per heavy atom. The third-order valence-corrected chi connectivity index (χ3v) is 6.48. The van der Waals surface area contributed by atoms with Crippen LogP contribution in [0.5, 0.6) is 0 Å². The van der Waals surface area contributed by atoms with Crippen LogP contribution >= 0.6 is 0 Å². The summed E-state index contributed by atoms with van der Waals surface area (Å²) in [6, 6.07) is 11.1. The number of hydrogen-bond donors (Lipinski definition) is 0. The van der Waals surface area contributed by atoms with Gasteiger partial charge in [-0.25, -0.2) is 0 Å². The van der Waals surface area contributed by atoms with Gasteiger partial charge in [0.2, 0.25) is 0 Å². The first-order valence-corrected chi connectivity index (χ1v) is 13.7. The van der Waals surface area contributed by atoms with Gasteiger partial charge in [0.1, 0.15) is 18.1 Å². The van der Waals surface area contributed by atoms with Crippen LogP contribution in [-0.2, 0) is 25.5 Å². The summed E-state index contributed by atoms with van der Waals surface area (Å²) >= 11 is 0. The molecule has 0 aromatic heterocycles. The molecule has 6 heteroatoms. The van der Waals surface area contributed by atoms with E-state index in [1.807, 2.05) is 39.1 Å². The SMILES string of the molecule is CN(Cc1ccccc1)C(/C(=C\C=O)OCC[Si](C)(C)C)[C@H]1COC(C)(C)O1.